The van der Waals surface area contributed by atoms with Gasteiger partial charge in [-0.15, -0.1) is 0 Å². The lowest BCUT2D eigenvalue weighted by atomic mass is 9.33. The first kappa shape index (κ1) is 42.1. The van der Waals surface area contributed by atoms with E-state index in [0.717, 1.165) is 25.9 Å². The van der Waals surface area contributed by atoms with Crippen LogP contribution in [0.1, 0.15) is 125 Å². The number of allylic oxidation sites excluding steroid dienone is 5. The van der Waals surface area contributed by atoms with Crippen LogP contribution in [0.5, 0.6) is 6.01 Å². The molecule has 1 aliphatic heterocycles. The van der Waals surface area contributed by atoms with Crippen LogP contribution in [-0.4, -0.2) is 84.2 Å². The van der Waals surface area contributed by atoms with Crippen LogP contribution >= 0.6 is 0 Å². The van der Waals surface area contributed by atoms with Gasteiger partial charge in [0.05, 0.1) is 23.5 Å². The molecule has 0 radical (unpaired) electrons. The van der Waals surface area contributed by atoms with Gasteiger partial charge in [0.25, 0.3) is 0 Å². The molecular formula is C48H72N4O5S. The topological polar surface area (TPSA) is 122 Å². The maximum absolute atomic E-state index is 12.7. The summed E-state index contributed by atoms with van der Waals surface area (Å²) in [6.45, 7) is 23.5. The van der Waals surface area contributed by atoms with Crippen LogP contribution in [0.25, 0.3) is 0 Å². The van der Waals surface area contributed by atoms with E-state index in [4.69, 9.17) is 4.74 Å². The SMILES string of the molecule is C=C(C)[C@@H]1CC[C@]2(NCCN3CCS(=O)(=O)CC3)CC[C@]3(C)[C@H](CC[C@@H]4[C@@]5(C)CC=C(C6=CCC(CCOc7ncccn7)(C(=O)O)CC6)C(C)(C)[C@@H]5CC[C@]43C)[C@@H]12. The molecule has 0 spiro atoms. The smallest absolute Gasteiger partial charge is 0.316 e. The Morgan fingerprint density at radius 3 is 2.34 bits per heavy atom. The Hall–Kier alpha value is -2.56. The van der Waals surface area contributed by atoms with Crippen LogP contribution in [-0.2, 0) is 14.6 Å². The highest BCUT2D eigenvalue weighted by Crippen LogP contribution is 2.76. The van der Waals surface area contributed by atoms with Gasteiger partial charge in [0.2, 0.25) is 0 Å². The van der Waals surface area contributed by atoms with E-state index in [-0.39, 0.29) is 33.8 Å². The Morgan fingerprint density at radius 2 is 1.67 bits per heavy atom. The van der Waals surface area contributed by atoms with Crippen molar-refractivity contribution in [1.82, 2.24) is 20.2 Å². The van der Waals surface area contributed by atoms with Gasteiger partial charge < -0.3 is 20.1 Å². The highest BCUT2D eigenvalue weighted by Gasteiger charge is 2.70. The zero-order chi connectivity index (χ0) is 41.4. The molecule has 7 aliphatic rings. The first-order valence-corrected chi connectivity index (χ1v) is 24.6. The van der Waals surface area contributed by atoms with E-state index < -0.39 is 21.2 Å². The summed E-state index contributed by atoms with van der Waals surface area (Å²) in [5, 5.41) is 14.7. The van der Waals surface area contributed by atoms with Crippen LogP contribution in [0.3, 0.4) is 0 Å². The zero-order valence-corrected chi connectivity index (χ0v) is 37.3. The molecule has 0 aromatic carbocycles. The van der Waals surface area contributed by atoms with Crippen LogP contribution in [0.4, 0.5) is 0 Å². The second kappa shape index (κ2) is 15.1. The first-order valence-electron chi connectivity index (χ1n) is 22.8. The molecule has 2 N–H and O–H groups in total. The fourth-order valence-corrected chi connectivity index (χ4v) is 16.7. The van der Waals surface area contributed by atoms with Gasteiger partial charge in [-0.3, -0.25) is 4.79 Å². The number of aliphatic carboxylic acids is 1. The predicted octanol–water partition coefficient (Wildman–Crippen LogP) is 8.69. The average Bonchev–Trinajstić information content (AvgIpc) is 3.56. The minimum atomic E-state index is -2.87. The first-order chi connectivity index (χ1) is 27.4. The molecule has 1 aromatic heterocycles. The van der Waals surface area contributed by atoms with Crippen molar-refractivity contribution in [1.29, 1.82) is 0 Å². The van der Waals surface area contributed by atoms with Crippen molar-refractivity contribution in [3.05, 3.63) is 53.9 Å². The molecule has 1 saturated heterocycles. The highest BCUT2D eigenvalue weighted by molar-refractivity contribution is 7.91. The van der Waals surface area contributed by atoms with Gasteiger partial charge in [-0.2, -0.15) is 0 Å². The number of carboxylic acids is 1. The van der Waals surface area contributed by atoms with E-state index in [1.165, 1.54) is 68.1 Å². The van der Waals surface area contributed by atoms with Crippen LogP contribution < -0.4 is 10.1 Å². The van der Waals surface area contributed by atoms with Crippen molar-refractivity contribution in [2.75, 3.05) is 44.3 Å². The van der Waals surface area contributed by atoms with Crippen LogP contribution in [0, 0.1) is 56.7 Å². The normalized spacial score (nSPS) is 41.8. The molecule has 9 nitrogen and oxygen atoms in total. The number of ether oxygens (including phenoxy) is 1. The molecule has 0 bridgehead atoms. The van der Waals surface area contributed by atoms with Crippen molar-refractivity contribution >= 4 is 15.8 Å². The van der Waals surface area contributed by atoms with E-state index in [9.17, 15) is 18.3 Å². The third-order valence-corrected chi connectivity index (χ3v) is 20.4. The molecule has 58 heavy (non-hydrogen) atoms. The van der Waals surface area contributed by atoms with Crippen LogP contribution in [0.2, 0.25) is 0 Å². The summed E-state index contributed by atoms with van der Waals surface area (Å²) < 4.78 is 29.9. The van der Waals surface area contributed by atoms with Gasteiger partial charge in [-0.25, -0.2) is 18.4 Å². The molecule has 320 valence electrons. The van der Waals surface area contributed by atoms with E-state index in [1.807, 2.05) is 0 Å². The van der Waals surface area contributed by atoms with Crippen molar-refractivity contribution in [3.8, 4) is 6.01 Å². The summed E-state index contributed by atoms with van der Waals surface area (Å²) in [4.78, 5) is 23.4. The molecule has 10 heteroatoms. The molecule has 1 aromatic rings. The molecule has 1 unspecified atom stereocenters. The monoisotopic (exact) mass is 817 g/mol. The van der Waals surface area contributed by atoms with Crippen molar-refractivity contribution in [2.24, 2.45) is 56.7 Å². The minimum Gasteiger partial charge on any atom is -0.481 e. The van der Waals surface area contributed by atoms with Crippen LogP contribution in [0.15, 0.2) is 53.9 Å². The van der Waals surface area contributed by atoms with Gasteiger partial charge in [0.1, 0.15) is 0 Å². The molecule has 5 fully saturated rings. The Bertz CT molecular complexity index is 1920. The second-order valence-corrected chi connectivity index (χ2v) is 23.8. The summed E-state index contributed by atoms with van der Waals surface area (Å²) in [6, 6.07) is 2.04. The Labute approximate surface area is 349 Å². The summed E-state index contributed by atoms with van der Waals surface area (Å²) >= 11 is 0. The van der Waals surface area contributed by atoms with E-state index in [2.05, 4.69) is 80.5 Å². The van der Waals surface area contributed by atoms with Crippen molar-refractivity contribution in [2.45, 2.75) is 131 Å². The van der Waals surface area contributed by atoms with Gasteiger partial charge >= 0.3 is 12.0 Å². The lowest BCUT2D eigenvalue weighted by molar-refractivity contribution is -0.221. The number of aromatic nitrogens is 2. The van der Waals surface area contributed by atoms with Gasteiger partial charge in [0.15, 0.2) is 9.84 Å². The predicted molar refractivity (Wildman–Crippen MR) is 230 cm³/mol. The number of hydrogen-bond donors (Lipinski definition) is 2. The fourth-order valence-electron chi connectivity index (χ4n) is 15.4. The number of hydrogen-bond acceptors (Lipinski definition) is 8. The maximum Gasteiger partial charge on any atom is 0.316 e. The summed E-state index contributed by atoms with van der Waals surface area (Å²) in [5.41, 5.74) is 4.25. The third kappa shape index (κ3) is 6.85. The fraction of sp³-hybridized carbons (Fsp3) is 0.771. The molecule has 6 aliphatic carbocycles. The van der Waals surface area contributed by atoms with Gasteiger partial charge in [-0.1, -0.05) is 58.9 Å². The lowest BCUT2D eigenvalue weighted by Gasteiger charge is -2.72. The lowest BCUT2D eigenvalue weighted by Crippen LogP contribution is -2.68. The number of nitrogens with zero attached hydrogens (tertiary/aromatic N) is 3. The molecule has 8 rings (SSSR count). The number of nitrogens with one attached hydrogen (secondary N) is 1. The van der Waals surface area contributed by atoms with Crippen molar-refractivity contribution in [3.63, 3.8) is 0 Å². The summed E-state index contributed by atoms with van der Waals surface area (Å²) in [5.74, 6) is 2.89. The number of sulfone groups is 1. The minimum absolute atomic E-state index is 0.00951. The molecule has 4 saturated carbocycles. The molecule has 2 heterocycles. The standard InChI is InChI=1S/C48H72N4O5S/c1-33(2)35-13-20-48(51-26-27-52-28-31-58(55,56)32-29-52)22-21-45(6)37(40(35)48)9-10-39-44(5)16-14-36(43(3,4)38(44)15-17-46(39,45)7)34-11-18-47(19-12-34,41(53)54)23-30-57-42-49-24-8-25-50-42/h8,11,14,24-25,35,37-40,51H,1,9-10,12-13,15-23,26-32H2,2-7H3,(H,53,54)/t35-,37+,38-,39+,40+,44-,45+,46+,47?,48-/m0/s1. The van der Waals surface area contributed by atoms with E-state index >= 15 is 0 Å². The highest BCUT2D eigenvalue weighted by atomic mass is 32.2. The Kier molecular flexibility index (Phi) is 11.0. The Morgan fingerprint density at radius 1 is 0.931 bits per heavy atom. The number of rotatable bonds is 11. The zero-order valence-electron chi connectivity index (χ0n) is 36.5. The number of carboxylic acid groups (broad SMARTS) is 1. The summed E-state index contributed by atoms with van der Waals surface area (Å²) in [6.07, 6.45) is 21.7. The second-order valence-electron chi connectivity index (χ2n) is 21.5. The number of fused-ring (bicyclic) bond motifs is 7. The molecule has 0 amide bonds. The van der Waals surface area contributed by atoms with Crippen molar-refractivity contribution < 1.29 is 23.1 Å². The molecular weight excluding hydrogens is 745 g/mol. The summed E-state index contributed by atoms with van der Waals surface area (Å²) in [7, 11) is -2.87. The molecule has 10 atom stereocenters. The quantitative estimate of drug-likeness (QED) is 0.211. The third-order valence-electron chi connectivity index (χ3n) is 18.8. The van der Waals surface area contributed by atoms with E-state index in [0.29, 0.717) is 79.5 Å². The average molecular weight is 817 g/mol. The van der Waals surface area contributed by atoms with Gasteiger partial charge in [-0.05, 0) is 159 Å². The maximum atomic E-state index is 12.7. The Balaban J connectivity index is 0.995. The largest absolute Gasteiger partial charge is 0.481 e. The number of carbonyl (C=O) groups is 1. The van der Waals surface area contributed by atoms with E-state index in [1.54, 1.807) is 18.5 Å². The van der Waals surface area contributed by atoms with Gasteiger partial charge in [0, 0.05) is 44.1 Å².